The average Bonchev–Trinajstić information content (AvgIpc) is 2.92. The summed E-state index contributed by atoms with van der Waals surface area (Å²) in [5.41, 5.74) is -0.839. The number of aliphatic hydroxyl groups excluding tert-OH is 1. The topological polar surface area (TPSA) is 214 Å². The van der Waals surface area contributed by atoms with Crippen LogP contribution in [0.3, 0.4) is 0 Å². The first-order valence-corrected chi connectivity index (χ1v) is 12.5. The number of carbonyl (C=O) groups excluding carboxylic acids is 2. The van der Waals surface area contributed by atoms with Crippen molar-refractivity contribution in [3.05, 3.63) is 88.5 Å². The van der Waals surface area contributed by atoms with Crippen LogP contribution in [-0.2, 0) is 0 Å². The Hall–Kier alpha value is -5.62. The minimum absolute atomic E-state index is 0.0466. The van der Waals surface area contributed by atoms with E-state index >= 15 is 0 Å². The minimum atomic E-state index is -1.90. The Morgan fingerprint density at radius 2 is 1.21 bits per heavy atom. The van der Waals surface area contributed by atoms with Crippen LogP contribution >= 0.6 is 0 Å². The minimum Gasteiger partial charge on any atom is -0.508 e. The first-order valence-electron chi connectivity index (χ1n) is 12.5. The summed E-state index contributed by atoms with van der Waals surface area (Å²) in [5.74, 6) is -7.60. The summed E-state index contributed by atoms with van der Waals surface area (Å²) >= 11 is 0. The number of rotatable bonds is 3. The lowest BCUT2D eigenvalue weighted by molar-refractivity contribution is 0.0196. The van der Waals surface area contributed by atoms with Gasteiger partial charge in [-0.3, -0.25) is 9.59 Å². The monoisotopic (exact) mass is 574 g/mol. The molecule has 0 fully saturated rings. The summed E-state index contributed by atoms with van der Waals surface area (Å²) in [6.45, 7) is 0. The van der Waals surface area contributed by atoms with Gasteiger partial charge in [-0.05, 0) is 35.4 Å². The van der Waals surface area contributed by atoms with Crippen LogP contribution in [-0.4, -0.2) is 58.5 Å². The summed E-state index contributed by atoms with van der Waals surface area (Å²) in [6, 6.07) is 11.8. The molecule has 0 aliphatic carbocycles. The number of ketones is 2. The summed E-state index contributed by atoms with van der Waals surface area (Å²) in [5, 5.41) is 82.8. The van der Waals surface area contributed by atoms with Gasteiger partial charge < -0.3 is 50.3 Å². The van der Waals surface area contributed by atoms with Crippen LogP contribution in [0.15, 0.2) is 60.7 Å². The number of benzene rings is 4. The van der Waals surface area contributed by atoms with Gasteiger partial charge in [0.15, 0.2) is 29.5 Å². The highest BCUT2D eigenvalue weighted by Crippen LogP contribution is 2.55. The molecule has 0 saturated heterocycles. The van der Waals surface area contributed by atoms with E-state index in [1.165, 1.54) is 30.3 Å². The fourth-order valence-electron chi connectivity index (χ4n) is 5.38. The van der Waals surface area contributed by atoms with Gasteiger partial charge in [-0.1, -0.05) is 18.2 Å². The number of phenolic OH excluding ortho intramolecular Hbond substituents is 7. The number of fused-ring (bicyclic) bond motifs is 2. The number of hydrogen-bond acceptors (Lipinski definition) is 12. The van der Waals surface area contributed by atoms with Gasteiger partial charge in [0.25, 0.3) is 0 Å². The van der Waals surface area contributed by atoms with Crippen molar-refractivity contribution in [1.82, 2.24) is 0 Å². The van der Waals surface area contributed by atoms with E-state index in [-0.39, 0.29) is 28.2 Å². The van der Waals surface area contributed by atoms with Crippen LogP contribution in [0.2, 0.25) is 0 Å². The van der Waals surface area contributed by atoms with Crippen LogP contribution in [0.25, 0.3) is 0 Å². The van der Waals surface area contributed by atoms with E-state index in [4.69, 9.17) is 9.47 Å². The smallest absolute Gasteiger partial charge is 0.202 e. The molecule has 6 rings (SSSR count). The maximum absolute atomic E-state index is 14.1. The van der Waals surface area contributed by atoms with Crippen molar-refractivity contribution >= 4 is 11.6 Å². The number of aromatic hydroxyl groups is 7. The van der Waals surface area contributed by atoms with Crippen molar-refractivity contribution in [2.24, 2.45) is 0 Å². The number of phenols is 7. The largest absolute Gasteiger partial charge is 0.508 e. The zero-order chi connectivity index (χ0) is 30.0. The molecule has 4 aromatic rings. The molecule has 8 N–H and O–H groups in total. The van der Waals surface area contributed by atoms with Gasteiger partial charge in [0.05, 0.1) is 11.5 Å². The molecule has 4 aromatic carbocycles. The Labute approximate surface area is 236 Å². The van der Waals surface area contributed by atoms with Gasteiger partial charge in [-0.15, -0.1) is 0 Å². The van der Waals surface area contributed by atoms with Crippen molar-refractivity contribution in [1.29, 1.82) is 0 Å². The lowest BCUT2D eigenvalue weighted by Crippen LogP contribution is -2.38. The van der Waals surface area contributed by atoms with E-state index in [9.17, 15) is 50.4 Å². The standard InChI is InChI=1S/C30H22O12/c31-13-4-1-11(2-5-13)28-24(25(38)21-17(35)8-14(32)9-20(21)41-28)22-18(36)10-19(37)23-26(39)27(40)29(42-30(22)23)12-3-6-15(33)16(34)7-12/h1-10,24,27-29,31-37,40H/t24-,27+,28+,29-/m1/s1. The predicted molar refractivity (Wildman–Crippen MR) is 142 cm³/mol. The van der Waals surface area contributed by atoms with Gasteiger partial charge in [0.2, 0.25) is 5.78 Å². The van der Waals surface area contributed by atoms with Crippen LogP contribution in [0.4, 0.5) is 0 Å². The molecule has 42 heavy (non-hydrogen) atoms. The van der Waals surface area contributed by atoms with Crippen LogP contribution in [0.5, 0.6) is 51.7 Å². The third-order valence-electron chi connectivity index (χ3n) is 7.34. The number of hydrogen-bond donors (Lipinski definition) is 8. The highest BCUT2D eigenvalue weighted by atomic mass is 16.5. The van der Waals surface area contributed by atoms with Crippen LogP contribution in [0.1, 0.15) is 55.5 Å². The lowest BCUT2D eigenvalue weighted by atomic mass is 9.78. The maximum atomic E-state index is 14.1. The summed E-state index contributed by atoms with van der Waals surface area (Å²) in [6.07, 6.45) is -4.70. The first-order chi connectivity index (χ1) is 20.0. The molecule has 12 nitrogen and oxygen atoms in total. The van der Waals surface area contributed by atoms with Gasteiger partial charge in [0.1, 0.15) is 57.5 Å². The second-order valence-electron chi connectivity index (χ2n) is 9.94. The van der Waals surface area contributed by atoms with Crippen molar-refractivity contribution in [3.63, 3.8) is 0 Å². The highest BCUT2D eigenvalue weighted by molar-refractivity contribution is 6.10. The normalized spacial score (nSPS) is 21.2. The van der Waals surface area contributed by atoms with E-state index in [1.807, 2.05) is 0 Å². The molecule has 0 unspecified atom stereocenters. The third kappa shape index (κ3) is 4.04. The molecule has 2 heterocycles. The fourth-order valence-corrected chi connectivity index (χ4v) is 5.38. The van der Waals surface area contributed by atoms with E-state index in [0.717, 1.165) is 30.3 Å². The second-order valence-corrected chi connectivity index (χ2v) is 9.94. The Morgan fingerprint density at radius 1 is 0.548 bits per heavy atom. The quantitative estimate of drug-likeness (QED) is 0.165. The molecule has 0 bridgehead atoms. The van der Waals surface area contributed by atoms with Crippen molar-refractivity contribution in [2.75, 3.05) is 0 Å². The highest BCUT2D eigenvalue weighted by Gasteiger charge is 2.48. The van der Waals surface area contributed by atoms with Crippen LogP contribution < -0.4 is 9.47 Å². The van der Waals surface area contributed by atoms with E-state index < -0.39 is 81.6 Å². The van der Waals surface area contributed by atoms with Crippen molar-refractivity contribution < 1.29 is 59.9 Å². The Bertz CT molecular complexity index is 1780. The lowest BCUT2D eigenvalue weighted by Gasteiger charge is -2.37. The molecule has 2 aliphatic rings. The van der Waals surface area contributed by atoms with E-state index in [2.05, 4.69) is 0 Å². The zero-order valence-electron chi connectivity index (χ0n) is 21.3. The van der Waals surface area contributed by atoms with Gasteiger partial charge in [-0.25, -0.2) is 0 Å². The summed E-state index contributed by atoms with van der Waals surface area (Å²) < 4.78 is 12.1. The molecule has 2 aliphatic heterocycles. The molecule has 0 spiro atoms. The SMILES string of the molecule is O=C1c2c(O)cc(O)c([C@@H]3C(=O)c4c(O)cc(O)cc4O[C@H]3c3ccc(O)cc3)c2O[C@H](c2ccc(O)c(O)c2)[C@H]1O. The van der Waals surface area contributed by atoms with E-state index in [0.29, 0.717) is 5.56 Å². The molecule has 0 aromatic heterocycles. The fraction of sp³-hybridized carbons (Fsp3) is 0.133. The average molecular weight is 574 g/mol. The summed E-state index contributed by atoms with van der Waals surface area (Å²) in [4.78, 5) is 27.5. The number of aliphatic hydroxyl groups is 1. The molecular weight excluding hydrogens is 552 g/mol. The predicted octanol–water partition coefficient (Wildman–Crippen LogP) is 3.40. The molecule has 4 atom stereocenters. The number of ether oxygens (including phenoxy) is 2. The van der Waals surface area contributed by atoms with Crippen molar-refractivity contribution in [2.45, 2.75) is 24.2 Å². The maximum Gasteiger partial charge on any atom is 0.202 e. The van der Waals surface area contributed by atoms with Gasteiger partial charge >= 0.3 is 0 Å². The Morgan fingerprint density at radius 3 is 1.90 bits per heavy atom. The second kappa shape index (κ2) is 9.49. The molecule has 12 heteroatoms. The number of carbonyl (C=O) groups is 2. The molecule has 0 radical (unpaired) electrons. The summed E-state index contributed by atoms with van der Waals surface area (Å²) in [7, 11) is 0. The molecular formula is C30H22O12. The van der Waals surface area contributed by atoms with Crippen molar-refractivity contribution in [3.8, 4) is 51.7 Å². The third-order valence-corrected chi connectivity index (χ3v) is 7.34. The number of Topliss-reactive ketones (excluding diaryl/α,β-unsaturated/α-hetero) is 2. The van der Waals surface area contributed by atoms with Gasteiger partial charge in [0, 0.05) is 18.2 Å². The van der Waals surface area contributed by atoms with Crippen LogP contribution in [0, 0.1) is 0 Å². The Kier molecular flexibility index (Phi) is 6.01. The van der Waals surface area contributed by atoms with E-state index in [1.54, 1.807) is 0 Å². The molecule has 0 amide bonds. The molecule has 0 saturated carbocycles. The first kappa shape index (κ1) is 26.6. The Balaban J connectivity index is 1.59. The zero-order valence-corrected chi connectivity index (χ0v) is 21.3. The molecule has 214 valence electrons. The van der Waals surface area contributed by atoms with Gasteiger partial charge in [-0.2, -0.15) is 0 Å².